The number of nitrogens with zero attached hydrogens (tertiary/aromatic N) is 3. The van der Waals surface area contributed by atoms with E-state index in [-0.39, 0.29) is 0 Å². The number of nitrogens with two attached hydrogens (primary N) is 1. The number of rotatable bonds is 4. The van der Waals surface area contributed by atoms with Gasteiger partial charge in [0.1, 0.15) is 4.99 Å². The molecule has 2 aliphatic rings. The van der Waals surface area contributed by atoms with E-state index < -0.39 is 0 Å². The zero-order valence-electron chi connectivity index (χ0n) is 11.3. The van der Waals surface area contributed by atoms with Crippen LogP contribution < -0.4 is 10.6 Å². The SMILES string of the molecule is CCN1CCN(c2nc(C3CC3)c(C(N)=S)s2)CC1. The molecule has 2 fully saturated rings. The molecule has 19 heavy (non-hydrogen) atoms. The van der Waals surface area contributed by atoms with E-state index in [9.17, 15) is 0 Å². The molecule has 0 aromatic carbocycles. The van der Waals surface area contributed by atoms with Crippen LogP contribution >= 0.6 is 23.6 Å². The zero-order valence-corrected chi connectivity index (χ0v) is 12.9. The number of thiocarbonyl (C=S) groups is 1. The van der Waals surface area contributed by atoms with E-state index in [1.807, 2.05) is 0 Å². The van der Waals surface area contributed by atoms with E-state index in [2.05, 4.69) is 16.7 Å². The quantitative estimate of drug-likeness (QED) is 0.858. The summed E-state index contributed by atoms with van der Waals surface area (Å²) >= 11 is 6.85. The van der Waals surface area contributed by atoms with Crippen molar-refractivity contribution in [2.75, 3.05) is 37.6 Å². The Morgan fingerprint density at radius 3 is 2.58 bits per heavy atom. The van der Waals surface area contributed by atoms with Crippen LogP contribution in [0.5, 0.6) is 0 Å². The van der Waals surface area contributed by atoms with Gasteiger partial charge >= 0.3 is 0 Å². The summed E-state index contributed by atoms with van der Waals surface area (Å²) in [6.07, 6.45) is 2.48. The molecule has 0 unspecified atom stereocenters. The highest BCUT2D eigenvalue weighted by Crippen LogP contribution is 2.44. The Kier molecular flexibility index (Phi) is 3.73. The van der Waals surface area contributed by atoms with E-state index in [0.29, 0.717) is 10.9 Å². The topological polar surface area (TPSA) is 45.4 Å². The van der Waals surface area contributed by atoms with Gasteiger partial charge in [-0.1, -0.05) is 30.5 Å². The molecule has 2 N–H and O–H groups in total. The summed E-state index contributed by atoms with van der Waals surface area (Å²) in [4.78, 5) is 11.2. The fourth-order valence-electron chi connectivity index (χ4n) is 2.52. The van der Waals surface area contributed by atoms with Crippen LogP contribution in [0.3, 0.4) is 0 Å². The molecule has 0 spiro atoms. The van der Waals surface area contributed by atoms with Gasteiger partial charge in [0.25, 0.3) is 0 Å². The Labute approximate surface area is 123 Å². The molecule has 1 aromatic heterocycles. The summed E-state index contributed by atoms with van der Waals surface area (Å²) in [5.74, 6) is 0.610. The fourth-order valence-corrected chi connectivity index (χ4v) is 3.81. The van der Waals surface area contributed by atoms with Crippen molar-refractivity contribution in [2.45, 2.75) is 25.7 Å². The monoisotopic (exact) mass is 296 g/mol. The van der Waals surface area contributed by atoms with Crippen LogP contribution in [0.15, 0.2) is 0 Å². The van der Waals surface area contributed by atoms with Crippen LogP contribution in [0.4, 0.5) is 5.13 Å². The van der Waals surface area contributed by atoms with Crippen molar-refractivity contribution in [1.82, 2.24) is 9.88 Å². The van der Waals surface area contributed by atoms with Gasteiger partial charge in [-0.3, -0.25) is 0 Å². The molecule has 3 rings (SSSR count). The lowest BCUT2D eigenvalue weighted by Crippen LogP contribution is -2.46. The van der Waals surface area contributed by atoms with Crippen LogP contribution in [0.2, 0.25) is 0 Å². The van der Waals surface area contributed by atoms with E-state index in [0.717, 1.165) is 48.4 Å². The third-order valence-corrected chi connectivity index (χ3v) is 5.42. The Morgan fingerprint density at radius 2 is 2.05 bits per heavy atom. The Balaban J connectivity index is 1.78. The van der Waals surface area contributed by atoms with Crippen molar-refractivity contribution in [3.05, 3.63) is 10.6 Å². The molecule has 104 valence electrons. The van der Waals surface area contributed by atoms with Crippen LogP contribution in [-0.2, 0) is 0 Å². The second-order valence-electron chi connectivity index (χ2n) is 5.27. The second-order valence-corrected chi connectivity index (χ2v) is 6.69. The van der Waals surface area contributed by atoms with E-state index in [1.54, 1.807) is 11.3 Å². The molecule has 1 saturated heterocycles. The molecule has 0 amide bonds. The average Bonchev–Trinajstić information content (AvgIpc) is 3.17. The van der Waals surface area contributed by atoms with E-state index >= 15 is 0 Å². The highest BCUT2D eigenvalue weighted by molar-refractivity contribution is 7.81. The minimum atomic E-state index is 0.512. The van der Waals surface area contributed by atoms with Crippen molar-refractivity contribution >= 4 is 33.7 Å². The average molecular weight is 296 g/mol. The first-order valence-corrected chi connectivity index (χ1v) is 8.19. The minimum Gasteiger partial charge on any atom is -0.389 e. The van der Waals surface area contributed by atoms with E-state index in [1.165, 1.54) is 12.8 Å². The van der Waals surface area contributed by atoms with Gasteiger partial charge in [-0.05, 0) is 19.4 Å². The summed E-state index contributed by atoms with van der Waals surface area (Å²) < 4.78 is 0. The molecule has 1 aliphatic heterocycles. The molecule has 6 heteroatoms. The van der Waals surface area contributed by atoms with Gasteiger partial charge in [-0.25, -0.2) is 4.98 Å². The van der Waals surface area contributed by atoms with Crippen LogP contribution in [0, 0.1) is 0 Å². The number of likely N-dealkylation sites (N-methyl/N-ethyl adjacent to an activating group) is 1. The third kappa shape index (κ3) is 2.75. The first-order chi connectivity index (χ1) is 9.19. The number of piperazine rings is 1. The molecule has 0 radical (unpaired) electrons. The number of hydrogen-bond acceptors (Lipinski definition) is 5. The van der Waals surface area contributed by atoms with Gasteiger partial charge in [-0.2, -0.15) is 0 Å². The first-order valence-electron chi connectivity index (χ1n) is 6.97. The lowest BCUT2D eigenvalue weighted by molar-refractivity contribution is 0.271. The van der Waals surface area contributed by atoms with Gasteiger partial charge in [0.05, 0.1) is 10.6 Å². The molecular weight excluding hydrogens is 276 g/mol. The fraction of sp³-hybridized carbons (Fsp3) is 0.692. The van der Waals surface area contributed by atoms with Gasteiger partial charge in [0, 0.05) is 32.1 Å². The highest BCUT2D eigenvalue weighted by atomic mass is 32.1. The molecule has 4 nitrogen and oxygen atoms in total. The van der Waals surface area contributed by atoms with Crippen LogP contribution in [0.1, 0.15) is 36.3 Å². The van der Waals surface area contributed by atoms with Crippen molar-refractivity contribution in [2.24, 2.45) is 5.73 Å². The number of thiazole rings is 1. The zero-order chi connectivity index (χ0) is 13.4. The van der Waals surface area contributed by atoms with E-state index in [4.69, 9.17) is 22.9 Å². The molecule has 1 saturated carbocycles. The van der Waals surface area contributed by atoms with Gasteiger partial charge in [0.15, 0.2) is 5.13 Å². The Morgan fingerprint density at radius 1 is 1.37 bits per heavy atom. The Hall–Kier alpha value is -0.720. The van der Waals surface area contributed by atoms with Crippen LogP contribution in [-0.4, -0.2) is 47.6 Å². The summed E-state index contributed by atoms with van der Waals surface area (Å²) in [6.45, 7) is 7.71. The van der Waals surface area contributed by atoms with Gasteiger partial charge in [-0.15, -0.1) is 0 Å². The first kappa shape index (κ1) is 13.3. The maximum atomic E-state index is 5.84. The predicted octanol–water partition coefficient (Wildman–Crippen LogP) is 1.80. The van der Waals surface area contributed by atoms with Crippen molar-refractivity contribution in [3.8, 4) is 0 Å². The van der Waals surface area contributed by atoms with Crippen molar-refractivity contribution in [1.29, 1.82) is 0 Å². The van der Waals surface area contributed by atoms with Gasteiger partial charge in [0.2, 0.25) is 0 Å². The molecule has 1 aliphatic carbocycles. The normalized spacial score (nSPS) is 20.8. The molecule has 0 atom stereocenters. The predicted molar refractivity (Wildman–Crippen MR) is 84.3 cm³/mol. The van der Waals surface area contributed by atoms with Crippen molar-refractivity contribution < 1.29 is 0 Å². The molecule has 2 heterocycles. The maximum absolute atomic E-state index is 5.84. The third-order valence-electron chi connectivity index (χ3n) is 3.92. The van der Waals surface area contributed by atoms with Crippen molar-refractivity contribution in [3.63, 3.8) is 0 Å². The number of anilines is 1. The standard InChI is InChI=1S/C13H20N4S2/c1-2-16-5-7-17(8-6-16)13-15-10(9-3-4-9)11(19-13)12(14)18/h9H,2-8H2,1H3,(H2,14,18). The minimum absolute atomic E-state index is 0.512. The summed E-state index contributed by atoms with van der Waals surface area (Å²) in [7, 11) is 0. The second kappa shape index (κ2) is 5.34. The summed E-state index contributed by atoms with van der Waals surface area (Å²) in [5, 5.41) is 1.11. The lowest BCUT2D eigenvalue weighted by Gasteiger charge is -2.33. The summed E-state index contributed by atoms with van der Waals surface area (Å²) in [6, 6.07) is 0. The molecular formula is C13H20N4S2. The molecule has 0 bridgehead atoms. The Bertz CT molecular complexity index is 473. The van der Waals surface area contributed by atoms with Gasteiger partial charge < -0.3 is 15.5 Å². The maximum Gasteiger partial charge on any atom is 0.186 e. The summed E-state index contributed by atoms with van der Waals surface area (Å²) in [5.41, 5.74) is 7.00. The highest BCUT2D eigenvalue weighted by Gasteiger charge is 2.31. The number of aromatic nitrogens is 1. The molecule has 1 aromatic rings. The number of hydrogen-bond donors (Lipinski definition) is 1. The lowest BCUT2D eigenvalue weighted by atomic mass is 10.2. The van der Waals surface area contributed by atoms with Crippen LogP contribution in [0.25, 0.3) is 0 Å². The smallest absolute Gasteiger partial charge is 0.186 e. The largest absolute Gasteiger partial charge is 0.389 e.